The zero-order valence-electron chi connectivity index (χ0n) is 19.5. The molecule has 0 bridgehead atoms. The van der Waals surface area contributed by atoms with Crippen LogP contribution in [0.5, 0.6) is 11.5 Å². The summed E-state index contributed by atoms with van der Waals surface area (Å²) in [6, 6.07) is 18.8. The average molecular weight is 471 g/mol. The van der Waals surface area contributed by atoms with Crippen molar-refractivity contribution in [3.8, 4) is 23.3 Å². The number of nitrogens with zero attached hydrogens (tertiary/aromatic N) is 4. The third kappa shape index (κ3) is 4.62. The number of aliphatic hydroxyl groups is 2. The summed E-state index contributed by atoms with van der Waals surface area (Å²) in [6.07, 6.45) is 0.750. The molecule has 2 aromatic carbocycles. The fourth-order valence-electron chi connectivity index (χ4n) is 4.78. The maximum absolute atomic E-state index is 11.4. The summed E-state index contributed by atoms with van der Waals surface area (Å²) in [6.45, 7) is 3.75. The number of benzene rings is 2. The van der Waals surface area contributed by atoms with Gasteiger partial charge in [-0.2, -0.15) is 0 Å². The molecule has 5 rings (SSSR count). The second-order valence-electron chi connectivity index (χ2n) is 8.72. The number of hydrogen-bond acceptors (Lipinski definition) is 7. The van der Waals surface area contributed by atoms with E-state index in [0.29, 0.717) is 24.5 Å². The van der Waals surface area contributed by atoms with Crippen LogP contribution < -0.4 is 14.5 Å². The topological polar surface area (TPSA) is 96.1 Å². The highest BCUT2D eigenvalue weighted by Gasteiger charge is 2.38. The molecule has 2 aliphatic heterocycles. The molecule has 0 amide bonds. The minimum atomic E-state index is -0.978. The van der Waals surface area contributed by atoms with Gasteiger partial charge in [-0.05, 0) is 67.5 Å². The van der Waals surface area contributed by atoms with Crippen molar-refractivity contribution in [1.82, 2.24) is 9.88 Å². The highest BCUT2D eigenvalue weighted by atomic mass is 16.5. The van der Waals surface area contributed by atoms with Crippen molar-refractivity contribution in [2.75, 3.05) is 29.4 Å². The highest BCUT2D eigenvalue weighted by Crippen LogP contribution is 2.48. The van der Waals surface area contributed by atoms with Crippen LogP contribution in [0, 0.1) is 17.8 Å². The first-order valence-corrected chi connectivity index (χ1v) is 11.7. The Labute approximate surface area is 205 Å². The number of para-hydroxylation sites is 1. The van der Waals surface area contributed by atoms with E-state index in [1.165, 1.54) is 0 Å². The van der Waals surface area contributed by atoms with Gasteiger partial charge >= 0.3 is 0 Å². The van der Waals surface area contributed by atoms with Gasteiger partial charge in [0, 0.05) is 25.3 Å². The van der Waals surface area contributed by atoms with Crippen LogP contribution in [-0.2, 0) is 0 Å². The number of anilines is 3. The third-order valence-electron chi connectivity index (χ3n) is 6.45. The largest absolute Gasteiger partial charge is 0.480 e. The number of rotatable bonds is 6. The van der Waals surface area contributed by atoms with Crippen molar-refractivity contribution in [1.29, 1.82) is 0 Å². The molecule has 0 radical (unpaired) electrons. The van der Waals surface area contributed by atoms with Crippen molar-refractivity contribution in [3.05, 3.63) is 72.6 Å². The molecule has 0 aliphatic carbocycles. The molecule has 3 atom stereocenters. The van der Waals surface area contributed by atoms with Crippen LogP contribution in [0.4, 0.5) is 22.9 Å². The van der Waals surface area contributed by atoms with E-state index in [4.69, 9.17) is 10.5 Å². The predicted octanol–water partition coefficient (Wildman–Crippen LogP) is 4.46. The standard InChI is InChI=1S/C27H28N5O3/c1-2-6-24(33)30-16-14-19(17-30)18-31-23-13-15-29-26(28)25(23)32(27(31)34)20-9-11-22(12-10-20)35-21-7-4-3-5-8-21/h3-5,7-13,15,19,24,27,33-34H,14,16-18H2,1H3,(H-,28,29)/q-1. The molecule has 35 heavy (non-hydrogen) atoms. The van der Waals surface area contributed by atoms with Gasteiger partial charge in [0.25, 0.3) is 0 Å². The van der Waals surface area contributed by atoms with Crippen molar-refractivity contribution in [3.63, 3.8) is 0 Å². The van der Waals surface area contributed by atoms with Crippen molar-refractivity contribution in [2.45, 2.75) is 25.9 Å². The van der Waals surface area contributed by atoms with E-state index in [2.05, 4.69) is 16.8 Å². The molecule has 3 unspecified atom stereocenters. The second kappa shape index (κ2) is 9.84. The fraction of sp³-hybridized carbons (Fsp3) is 0.296. The Morgan fingerprint density at radius 2 is 1.86 bits per heavy atom. The Kier molecular flexibility index (Phi) is 6.47. The average Bonchev–Trinajstić information content (AvgIpc) is 3.45. The number of nitrogens with one attached hydrogen (secondary N) is 1. The van der Waals surface area contributed by atoms with E-state index >= 15 is 0 Å². The van der Waals surface area contributed by atoms with Gasteiger partial charge in [0.2, 0.25) is 6.35 Å². The number of likely N-dealkylation sites (tertiary alicyclic amines) is 1. The van der Waals surface area contributed by atoms with Gasteiger partial charge in [-0.15, -0.1) is 5.92 Å². The molecule has 0 saturated carbocycles. The first-order chi connectivity index (χ1) is 17.0. The van der Waals surface area contributed by atoms with Gasteiger partial charge in [-0.1, -0.05) is 30.3 Å². The summed E-state index contributed by atoms with van der Waals surface area (Å²) in [5.74, 6) is 7.34. The lowest BCUT2D eigenvalue weighted by atomic mass is 10.1. The monoisotopic (exact) mass is 470 g/mol. The summed E-state index contributed by atoms with van der Waals surface area (Å²) in [5, 5.41) is 21.6. The van der Waals surface area contributed by atoms with Crippen LogP contribution >= 0.6 is 0 Å². The van der Waals surface area contributed by atoms with Crippen LogP contribution in [0.2, 0.25) is 0 Å². The summed E-state index contributed by atoms with van der Waals surface area (Å²) >= 11 is 0. The molecular formula is C27H28N5O3-. The molecule has 8 heteroatoms. The van der Waals surface area contributed by atoms with E-state index in [1.807, 2.05) is 70.5 Å². The fourth-order valence-corrected chi connectivity index (χ4v) is 4.78. The smallest absolute Gasteiger partial charge is 0.212 e. The van der Waals surface area contributed by atoms with E-state index in [-0.39, 0.29) is 11.7 Å². The van der Waals surface area contributed by atoms with Crippen LogP contribution in [-0.4, -0.2) is 52.3 Å². The minimum Gasteiger partial charge on any atom is -0.480 e. The summed E-state index contributed by atoms with van der Waals surface area (Å²) < 4.78 is 5.90. The molecule has 180 valence electrons. The SMILES string of the molecule is CC#CC(O)N1CCC(CN2c3ccnc([NH-])c3N(c3ccc(Oc4ccccc4)cc3)C2O)C1. The van der Waals surface area contributed by atoms with E-state index < -0.39 is 12.6 Å². The van der Waals surface area contributed by atoms with Gasteiger partial charge in [0.1, 0.15) is 11.5 Å². The van der Waals surface area contributed by atoms with Crippen molar-refractivity contribution >= 4 is 22.9 Å². The molecule has 3 aromatic rings. The van der Waals surface area contributed by atoms with Crippen molar-refractivity contribution in [2.24, 2.45) is 5.92 Å². The molecule has 8 nitrogen and oxygen atoms in total. The van der Waals surface area contributed by atoms with Crippen molar-refractivity contribution < 1.29 is 14.9 Å². The Morgan fingerprint density at radius 3 is 2.60 bits per heavy atom. The first-order valence-electron chi connectivity index (χ1n) is 11.7. The normalized spacial score (nSPS) is 20.3. The van der Waals surface area contributed by atoms with E-state index in [1.54, 1.807) is 18.0 Å². The molecule has 0 spiro atoms. The van der Waals surface area contributed by atoms with Gasteiger partial charge in [0.15, 0.2) is 6.23 Å². The first kappa shape index (κ1) is 23.0. The number of fused-ring (bicyclic) bond motifs is 1. The quantitative estimate of drug-likeness (QED) is 0.514. The van der Waals surface area contributed by atoms with Gasteiger partial charge < -0.3 is 30.6 Å². The van der Waals surface area contributed by atoms with Crippen LogP contribution in [0.1, 0.15) is 13.3 Å². The molecule has 1 fully saturated rings. The third-order valence-corrected chi connectivity index (χ3v) is 6.45. The lowest BCUT2D eigenvalue weighted by molar-refractivity contribution is 0.0660. The summed E-state index contributed by atoms with van der Waals surface area (Å²) in [7, 11) is 0. The number of pyridine rings is 1. The Balaban J connectivity index is 1.36. The lowest BCUT2D eigenvalue weighted by Crippen LogP contribution is -2.43. The number of aromatic nitrogens is 1. The molecule has 1 saturated heterocycles. The molecule has 2 aliphatic rings. The maximum Gasteiger partial charge on any atom is 0.212 e. The van der Waals surface area contributed by atoms with Gasteiger partial charge in [0.05, 0.1) is 11.4 Å². The Hall–Kier alpha value is -3.77. The van der Waals surface area contributed by atoms with Gasteiger partial charge in [-0.3, -0.25) is 9.80 Å². The molecule has 3 heterocycles. The van der Waals surface area contributed by atoms with Crippen LogP contribution in [0.3, 0.4) is 0 Å². The van der Waals surface area contributed by atoms with Gasteiger partial charge in [-0.25, -0.2) is 0 Å². The minimum absolute atomic E-state index is 0.107. The zero-order chi connectivity index (χ0) is 24.4. The maximum atomic E-state index is 11.4. The second-order valence-corrected chi connectivity index (χ2v) is 8.72. The molecule has 1 aromatic heterocycles. The zero-order valence-corrected chi connectivity index (χ0v) is 19.5. The van der Waals surface area contributed by atoms with E-state index in [0.717, 1.165) is 30.1 Å². The van der Waals surface area contributed by atoms with E-state index in [9.17, 15) is 10.2 Å². The number of aliphatic hydroxyl groups excluding tert-OH is 2. The van der Waals surface area contributed by atoms with Crippen LogP contribution in [0.15, 0.2) is 66.9 Å². The van der Waals surface area contributed by atoms with Crippen LogP contribution in [0.25, 0.3) is 5.73 Å². The Bertz CT molecular complexity index is 1230. The lowest BCUT2D eigenvalue weighted by Gasteiger charge is -2.31. The number of ether oxygens (including phenoxy) is 1. The molecule has 3 N–H and O–H groups in total. The Morgan fingerprint density at radius 1 is 1.11 bits per heavy atom. The highest BCUT2D eigenvalue weighted by molar-refractivity contribution is 5.90. The summed E-state index contributed by atoms with van der Waals surface area (Å²) in [4.78, 5) is 9.77. The predicted molar refractivity (Wildman–Crippen MR) is 136 cm³/mol. The number of hydrogen-bond donors (Lipinski definition) is 2. The summed E-state index contributed by atoms with van der Waals surface area (Å²) in [5.41, 5.74) is 10.5. The molecular weight excluding hydrogens is 442 g/mol.